The quantitative estimate of drug-likeness (QED) is 0.822. The van der Waals surface area contributed by atoms with Crippen molar-refractivity contribution >= 4 is 23.6 Å². The number of carboxylic acids is 1. The summed E-state index contributed by atoms with van der Waals surface area (Å²) >= 11 is 1.41. The van der Waals surface area contributed by atoms with E-state index in [1.165, 1.54) is 11.8 Å². The van der Waals surface area contributed by atoms with Crippen LogP contribution in [0.15, 0.2) is 11.5 Å². The van der Waals surface area contributed by atoms with Crippen LogP contribution in [-0.4, -0.2) is 55.5 Å². The van der Waals surface area contributed by atoms with Gasteiger partial charge < -0.3 is 14.6 Å². The van der Waals surface area contributed by atoms with Gasteiger partial charge in [-0.15, -0.1) is 10.2 Å². The first-order valence-corrected chi connectivity index (χ1v) is 8.94. The summed E-state index contributed by atoms with van der Waals surface area (Å²) in [5, 5.41) is 17.8. The van der Waals surface area contributed by atoms with E-state index in [2.05, 4.69) is 10.2 Å². The van der Waals surface area contributed by atoms with Gasteiger partial charge in [-0.25, -0.2) is 0 Å². The number of carbonyl (C=O) groups is 2. The fourth-order valence-electron chi connectivity index (χ4n) is 3.36. The predicted molar refractivity (Wildman–Crippen MR) is 85.1 cm³/mol. The van der Waals surface area contributed by atoms with Crippen LogP contribution in [0.4, 0.5) is 0 Å². The second-order valence-corrected chi connectivity index (χ2v) is 7.68. The Morgan fingerprint density at radius 3 is 2.70 bits per heavy atom. The summed E-state index contributed by atoms with van der Waals surface area (Å²) < 4.78 is 1.95. The van der Waals surface area contributed by atoms with E-state index in [4.69, 9.17) is 5.11 Å². The second-order valence-electron chi connectivity index (χ2n) is 6.74. The van der Waals surface area contributed by atoms with Gasteiger partial charge in [0.2, 0.25) is 5.91 Å². The SMILES string of the molecule is CC(C)n1cnnc1SCC(=O)N1CCC2(CC1)CC2C(=O)O. The van der Waals surface area contributed by atoms with E-state index in [-0.39, 0.29) is 23.3 Å². The number of thioether (sulfide) groups is 1. The van der Waals surface area contributed by atoms with Crippen molar-refractivity contribution in [2.24, 2.45) is 11.3 Å². The molecule has 1 atom stereocenters. The normalized spacial score (nSPS) is 22.6. The maximum absolute atomic E-state index is 12.4. The van der Waals surface area contributed by atoms with Gasteiger partial charge in [-0.05, 0) is 38.5 Å². The molecule has 1 N–H and O–H groups in total. The van der Waals surface area contributed by atoms with Crippen LogP contribution in [0.5, 0.6) is 0 Å². The third-order valence-corrected chi connectivity index (χ3v) is 5.96. The lowest BCUT2D eigenvalue weighted by molar-refractivity contribution is -0.139. The molecule has 8 heteroatoms. The lowest BCUT2D eigenvalue weighted by Crippen LogP contribution is -2.40. The Balaban J connectivity index is 1.49. The number of carbonyl (C=O) groups excluding carboxylic acids is 1. The Hall–Kier alpha value is -1.57. The molecule has 0 aromatic carbocycles. The number of aromatic nitrogens is 3. The molecule has 1 saturated heterocycles. The molecule has 1 aliphatic carbocycles. The molecule has 126 valence electrons. The van der Waals surface area contributed by atoms with Crippen LogP contribution in [-0.2, 0) is 9.59 Å². The van der Waals surface area contributed by atoms with Gasteiger partial charge in [0.15, 0.2) is 5.16 Å². The molecular formula is C15H22N4O3S. The summed E-state index contributed by atoms with van der Waals surface area (Å²) in [6.45, 7) is 5.43. The van der Waals surface area contributed by atoms with E-state index in [0.29, 0.717) is 18.8 Å². The topological polar surface area (TPSA) is 88.3 Å². The number of hydrogen-bond donors (Lipinski definition) is 1. The van der Waals surface area contributed by atoms with Crippen molar-refractivity contribution in [3.8, 4) is 0 Å². The van der Waals surface area contributed by atoms with E-state index in [1.54, 1.807) is 6.33 Å². The standard InChI is InChI=1S/C15H22N4O3S/c1-10(2)19-9-16-17-14(19)23-8-12(20)18-5-3-15(4-6-18)7-11(15)13(21)22/h9-11H,3-8H2,1-2H3,(H,21,22). The van der Waals surface area contributed by atoms with Crippen molar-refractivity contribution in [3.05, 3.63) is 6.33 Å². The molecule has 1 unspecified atom stereocenters. The van der Waals surface area contributed by atoms with Crippen molar-refractivity contribution in [3.63, 3.8) is 0 Å². The molecule has 1 spiro atoms. The van der Waals surface area contributed by atoms with Crippen LogP contribution in [0.3, 0.4) is 0 Å². The summed E-state index contributed by atoms with van der Waals surface area (Å²) in [6.07, 6.45) is 4.07. The molecule has 1 amide bonds. The molecule has 23 heavy (non-hydrogen) atoms. The smallest absolute Gasteiger partial charge is 0.307 e. The molecule has 2 aliphatic rings. The highest BCUT2D eigenvalue weighted by atomic mass is 32.2. The summed E-state index contributed by atoms with van der Waals surface area (Å²) in [5.74, 6) is -0.441. The zero-order chi connectivity index (χ0) is 16.6. The largest absolute Gasteiger partial charge is 0.481 e. The van der Waals surface area contributed by atoms with Crippen LogP contribution < -0.4 is 0 Å². The van der Waals surface area contributed by atoms with Crippen molar-refractivity contribution in [1.29, 1.82) is 0 Å². The Morgan fingerprint density at radius 2 is 2.13 bits per heavy atom. The molecule has 1 aromatic heterocycles. The van der Waals surface area contributed by atoms with Crippen LogP contribution >= 0.6 is 11.8 Å². The Morgan fingerprint density at radius 1 is 1.43 bits per heavy atom. The third kappa shape index (κ3) is 3.22. The third-order valence-electron chi connectivity index (χ3n) is 5.02. The van der Waals surface area contributed by atoms with Crippen molar-refractivity contribution in [1.82, 2.24) is 19.7 Å². The lowest BCUT2D eigenvalue weighted by Gasteiger charge is -2.32. The number of amides is 1. The van der Waals surface area contributed by atoms with Crippen molar-refractivity contribution < 1.29 is 14.7 Å². The Kier molecular flexibility index (Phi) is 4.35. The molecule has 2 heterocycles. The van der Waals surface area contributed by atoms with Crippen LogP contribution in [0.2, 0.25) is 0 Å². The summed E-state index contributed by atoms with van der Waals surface area (Å²) in [4.78, 5) is 25.3. The van der Waals surface area contributed by atoms with Crippen LogP contribution in [0, 0.1) is 11.3 Å². The van der Waals surface area contributed by atoms with E-state index in [0.717, 1.165) is 24.4 Å². The van der Waals surface area contributed by atoms with Gasteiger partial charge in [-0.3, -0.25) is 9.59 Å². The molecule has 1 aliphatic heterocycles. The van der Waals surface area contributed by atoms with Gasteiger partial charge in [0.05, 0.1) is 11.7 Å². The average molecular weight is 338 g/mol. The number of piperidine rings is 1. The van der Waals surface area contributed by atoms with Crippen LogP contribution in [0.1, 0.15) is 39.2 Å². The molecule has 1 aromatic rings. The van der Waals surface area contributed by atoms with Crippen molar-refractivity contribution in [2.75, 3.05) is 18.8 Å². The fraction of sp³-hybridized carbons (Fsp3) is 0.733. The van der Waals surface area contributed by atoms with Gasteiger partial charge in [0, 0.05) is 19.1 Å². The summed E-state index contributed by atoms with van der Waals surface area (Å²) in [6, 6.07) is 0.264. The van der Waals surface area contributed by atoms with E-state index in [1.807, 2.05) is 23.3 Å². The predicted octanol–water partition coefficient (Wildman–Crippen LogP) is 1.66. The first kappa shape index (κ1) is 16.3. The van der Waals surface area contributed by atoms with Crippen molar-refractivity contribution in [2.45, 2.75) is 44.3 Å². The van der Waals surface area contributed by atoms with Gasteiger partial charge in [-0.1, -0.05) is 11.8 Å². The van der Waals surface area contributed by atoms with Gasteiger partial charge in [0.1, 0.15) is 6.33 Å². The minimum atomic E-state index is -0.687. The molecule has 0 radical (unpaired) electrons. The average Bonchev–Trinajstić information content (AvgIpc) is 3.01. The number of aliphatic carboxylic acids is 1. The maximum atomic E-state index is 12.4. The highest BCUT2D eigenvalue weighted by Crippen LogP contribution is 2.59. The number of hydrogen-bond acceptors (Lipinski definition) is 5. The first-order chi connectivity index (χ1) is 10.9. The number of likely N-dealkylation sites (tertiary alicyclic amines) is 1. The van der Waals surface area contributed by atoms with Gasteiger partial charge in [0.25, 0.3) is 0 Å². The second kappa shape index (κ2) is 6.14. The number of rotatable bonds is 5. The Bertz CT molecular complexity index is 608. The molecule has 3 rings (SSSR count). The van der Waals surface area contributed by atoms with Crippen LogP contribution in [0.25, 0.3) is 0 Å². The summed E-state index contributed by atoms with van der Waals surface area (Å²) in [5.41, 5.74) is -0.0342. The summed E-state index contributed by atoms with van der Waals surface area (Å²) in [7, 11) is 0. The van der Waals surface area contributed by atoms with E-state index < -0.39 is 5.97 Å². The maximum Gasteiger partial charge on any atom is 0.307 e. The molecule has 0 bridgehead atoms. The molecular weight excluding hydrogens is 316 g/mol. The number of nitrogens with zero attached hydrogens (tertiary/aromatic N) is 4. The fourth-order valence-corrected chi connectivity index (χ4v) is 4.30. The minimum Gasteiger partial charge on any atom is -0.481 e. The zero-order valence-corrected chi connectivity index (χ0v) is 14.3. The molecule has 1 saturated carbocycles. The monoisotopic (exact) mass is 338 g/mol. The Labute approximate surface area is 139 Å². The minimum absolute atomic E-state index is 0.0342. The number of carboxylic acid groups (broad SMARTS) is 1. The zero-order valence-electron chi connectivity index (χ0n) is 13.4. The highest BCUT2D eigenvalue weighted by molar-refractivity contribution is 7.99. The highest BCUT2D eigenvalue weighted by Gasteiger charge is 2.59. The lowest BCUT2D eigenvalue weighted by atomic mass is 9.91. The van der Waals surface area contributed by atoms with E-state index >= 15 is 0 Å². The molecule has 2 fully saturated rings. The van der Waals surface area contributed by atoms with E-state index in [9.17, 15) is 9.59 Å². The first-order valence-electron chi connectivity index (χ1n) is 7.96. The van der Waals surface area contributed by atoms with Gasteiger partial charge >= 0.3 is 5.97 Å². The van der Waals surface area contributed by atoms with Gasteiger partial charge in [-0.2, -0.15) is 0 Å². The molecule has 7 nitrogen and oxygen atoms in total.